The molecule has 0 unspecified atom stereocenters. The Bertz CT molecular complexity index is 422. The smallest absolute Gasteiger partial charge is 0.246 e. The molecule has 2 fully saturated rings. The van der Waals surface area contributed by atoms with Gasteiger partial charge in [-0.1, -0.05) is 6.08 Å². The average Bonchev–Trinajstić information content (AvgIpc) is 2.76. The van der Waals surface area contributed by atoms with E-state index in [-0.39, 0.29) is 18.1 Å². The molecular weight excluding hydrogens is 306 g/mol. The molecule has 2 rings (SSSR count). The molecule has 0 radical (unpaired) electrons. The lowest BCUT2D eigenvalue weighted by Crippen LogP contribution is -2.48. The summed E-state index contributed by atoms with van der Waals surface area (Å²) in [6, 6.07) is 0.595. The fraction of sp³-hybridized carbons (Fsp3) is 0.833. The molecule has 24 heavy (non-hydrogen) atoms. The van der Waals surface area contributed by atoms with Crippen molar-refractivity contribution < 1.29 is 14.6 Å². The number of rotatable bonds is 5. The molecule has 6 heteroatoms. The van der Waals surface area contributed by atoms with Crippen LogP contribution in [0.25, 0.3) is 0 Å². The molecular formula is C18H33N3O3. The van der Waals surface area contributed by atoms with Crippen LogP contribution in [0.5, 0.6) is 0 Å². The van der Waals surface area contributed by atoms with Gasteiger partial charge in [-0.25, -0.2) is 0 Å². The zero-order valence-corrected chi connectivity index (χ0v) is 15.4. The minimum atomic E-state index is -0.374. The molecule has 1 amide bonds. The lowest BCUT2D eigenvalue weighted by molar-refractivity contribution is -0.126. The normalized spacial score (nSPS) is 27.2. The number of carbonyl (C=O) groups excluding carboxylic acids is 1. The summed E-state index contributed by atoms with van der Waals surface area (Å²) in [4.78, 5) is 18.5. The molecule has 0 aliphatic carbocycles. The van der Waals surface area contributed by atoms with E-state index in [1.165, 1.54) is 0 Å². The second-order valence-electron chi connectivity index (χ2n) is 7.21. The van der Waals surface area contributed by atoms with Crippen LogP contribution in [0.2, 0.25) is 0 Å². The van der Waals surface area contributed by atoms with Crippen LogP contribution in [0.15, 0.2) is 12.2 Å². The Balaban J connectivity index is 1.89. The van der Waals surface area contributed by atoms with E-state index in [0.717, 1.165) is 39.0 Å². The molecule has 2 heterocycles. The van der Waals surface area contributed by atoms with Crippen molar-refractivity contribution in [2.45, 2.75) is 43.9 Å². The van der Waals surface area contributed by atoms with E-state index in [4.69, 9.17) is 4.74 Å². The fourth-order valence-corrected chi connectivity index (χ4v) is 3.60. The molecule has 6 nitrogen and oxygen atoms in total. The summed E-state index contributed by atoms with van der Waals surface area (Å²) in [5.41, 5.74) is 0. The number of aliphatic hydroxyl groups is 1. The third kappa shape index (κ3) is 5.55. The van der Waals surface area contributed by atoms with E-state index < -0.39 is 0 Å². The van der Waals surface area contributed by atoms with Gasteiger partial charge in [0.15, 0.2) is 0 Å². The van der Waals surface area contributed by atoms with Crippen LogP contribution < -0.4 is 0 Å². The number of carbonyl (C=O) groups is 1. The minimum absolute atomic E-state index is 0.0541. The van der Waals surface area contributed by atoms with Crippen molar-refractivity contribution in [2.24, 2.45) is 0 Å². The van der Waals surface area contributed by atoms with Crippen molar-refractivity contribution in [1.82, 2.24) is 14.7 Å². The van der Waals surface area contributed by atoms with Crippen molar-refractivity contribution in [3.8, 4) is 0 Å². The second-order valence-corrected chi connectivity index (χ2v) is 7.21. The first-order valence-electron chi connectivity index (χ1n) is 9.07. The molecule has 0 aromatic rings. The molecule has 1 N–H and O–H groups in total. The van der Waals surface area contributed by atoms with E-state index in [1.54, 1.807) is 6.08 Å². The number of hydrogen-bond acceptors (Lipinski definition) is 5. The van der Waals surface area contributed by atoms with E-state index >= 15 is 0 Å². The summed E-state index contributed by atoms with van der Waals surface area (Å²) < 4.78 is 5.44. The first kappa shape index (κ1) is 19.4. The number of ether oxygens (including phenoxy) is 1. The zero-order valence-electron chi connectivity index (χ0n) is 15.4. The fourth-order valence-electron chi connectivity index (χ4n) is 3.60. The summed E-state index contributed by atoms with van der Waals surface area (Å²) in [6.45, 7) is 3.71. The lowest BCUT2D eigenvalue weighted by Gasteiger charge is -2.38. The van der Waals surface area contributed by atoms with Crippen LogP contribution >= 0.6 is 0 Å². The molecule has 2 aliphatic heterocycles. The van der Waals surface area contributed by atoms with Gasteiger partial charge in [0.2, 0.25) is 5.91 Å². The minimum Gasteiger partial charge on any atom is -0.391 e. The van der Waals surface area contributed by atoms with E-state index in [1.807, 2.05) is 30.0 Å². The van der Waals surface area contributed by atoms with Crippen molar-refractivity contribution >= 4 is 5.91 Å². The Morgan fingerprint density at radius 3 is 2.50 bits per heavy atom. The number of likely N-dealkylation sites (tertiary alicyclic amines) is 1. The highest BCUT2D eigenvalue weighted by molar-refractivity contribution is 5.87. The van der Waals surface area contributed by atoms with Gasteiger partial charge in [-0.05, 0) is 46.8 Å². The predicted octanol–water partition coefficient (Wildman–Crippen LogP) is 0.567. The SMILES string of the molecule is CN(C)CC=CC(=O)N1CC[C@H](O)[C@@H](N(C)C2CCOCC2)CC1. The number of hydrogen-bond donors (Lipinski definition) is 1. The van der Waals surface area contributed by atoms with Crippen molar-refractivity contribution in [3.05, 3.63) is 12.2 Å². The maximum absolute atomic E-state index is 12.3. The van der Waals surface area contributed by atoms with Crippen LogP contribution in [0.1, 0.15) is 25.7 Å². The third-order valence-corrected chi connectivity index (χ3v) is 5.17. The number of nitrogens with zero attached hydrogens (tertiary/aromatic N) is 3. The Hall–Kier alpha value is -0.950. The molecule has 2 atom stereocenters. The van der Waals surface area contributed by atoms with Crippen LogP contribution in [-0.4, -0.2) is 97.9 Å². The molecule has 0 aromatic heterocycles. The molecule has 2 aliphatic rings. The van der Waals surface area contributed by atoms with Crippen molar-refractivity contribution in [2.75, 3.05) is 54.0 Å². The van der Waals surface area contributed by atoms with Gasteiger partial charge < -0.3 is 19.6 Å². The zero-order chi connectivity index (χ0) is 17.5. The quantitative estimate of drug-likeness (QED) is 0.742. The van der Waals surface area contributed by atoms with Gasteiger partial charge in [0.05, 0.1) is 6.10 Å². The van der Waals surface area contributed by atoms with Gasteiger partial charge >= 0.3 is 0 Å². The average molecular weight is 339 g/mol. The Kier molecular flexibility index (Phi) is 7.68. The van der Waals surface area contributed by atoms with Crippen molar-refractivity contribution in [1.29, 1.82) is 0 Å². The molecule has 0 spiro atoms. The monoisotopic (exact) mass is 339 g/mol. The second kappa shape index (κ2) is 9.51. The maximum Gasteiger partial charge on any atom is 0.246 e. The van der Waals surface area contributed by atoms with Crippen LogP contribution in [0.3, 0.4) is 0 Å². The molecule has 0 aromatic carbocycles. The summed E-state index contributed by atoms with van der Waals surface area (Å²) in [5.74, 6) is 0.0541. The van der Waals surface area contributed by atoms with Gasteiger partial charge in [-0.2, -0.15) is 0 Å². The molecule has 2 saturated heterocycles. The van der Waals surface area contributed by atoms with E-state index in [2.05, 4.69) is 11.9 Å². The first-order chi connectivity index (χ1) is 11.5. The van der Waals surface area contributed by atoms with Crippen molar-refractivity contribution in [3.63, 3.8) is 0 Å². The largest absolute Gasteiger partial charge is 0.391 e. The predicted molar refractivity (Wildman–Crippen MR) is 94.9 cm³/mol. The molecule has 0 saturated carbocycles. The maximum atomic E-state index is 12.3. The Morgan fingerprint density at radius 2 is 1.83 bits per heavy atom. The van der Waals surface area contributed by atoms with E-state index in [9.17, 15) is 9.90 Å². The highest BCUT2D eigenvalue weighted by atomic mass is 16.5. The highest BCUT2D eigenvalue weighted by Crippen LogP contribution is 2.22. The topological polar surface area (TPSA) is 56.2 Å². The Labute approximate surface area is 146 Å². The Morgan fingerprint density at radius 1 is 1.17 bits per heavy atom. The van der Waals surface area contributed by atoms with Crippen LogP contribution in [0.4, 0.5) is 0 Å². The summed E-state index contributed by atoms with van der Waals surface area (Å²) in [6.07, 6.45) is 6.70. The number of aliphatic hydroxyl groups excluding tert-OH is 1. The van der Waals surface area contributed by atoms with E-state index in [0.29, 0.717) is 25.6 Å². The molecule has 138 valence electrons. The summed E-state index contributed by atoms with van der Waals surface area (Å²) in [5, 5.41) is 10.6. The lowest BCUT2D eigenvalue weighted by atomic mass is 9.99. The van der Waals surface area contributed by atoms with Gasteiger partial charge in [0, 0.05) is 51.0 Å². The van der Waals surface area contributed by atoms with Gasteiger partial charge in [-0.3, -0.25) is 9.69 Å². The molecule has 0 bridgehead atoms. The number of likely N-dealkylation sites (N-methyl/N-ethyl adjacent to an activating group) is 2. The summed E-state index contributed by atoms with van der Waals surface area (Å²) >= 11 is 0. The van der Waals surface area contributed by atoms with Crippen LogP contribution in [0, 0.1) is 0 Å². The summed E-state index contributed by atoms with van der Waals surface area (Å²) in [7, 11) is 6.07. The highest BCUT2D eigenvalue weighted by Gasteiger charge is 2.32. The van der Waals surface area contributed by atoms with Gasteiger partial charge in [-0.15, -0.1) is 0 Å². The van der Waals surface area contributed by atoms with Crippen LogP contribution in [-0.2, 0) is 9.53 Å². The first-order valence-corrected chi connectivity index (χ1v) is 9.07. The number of amides is 1. The standard InChI is InChI=1S/C18H33N3O3/c1-19(2)10-4-5-18(23)21-11-6-16(17(22)7-12-21)20(3)15-8-13-24-14-9-15/h4-5,15-17,22H,6-14H2,1-3H3/t16-,17-/m0/s1. The van der Waals surface area contributed by atoms with Gasteiger partial charge in [0.25, 0.3) is 0 Å². The van der Waals surface area contributed by atoms with Gasteiger partial charge in [0.1, 0.15) is 0 Å². The third-order valence-electron chi connectivity index (χ3n) is 5.17.